The molecule has 2 rings (SSSR count). The lowest BCUT2D eigenvalue weighted by molar-refractivity contribution is -0.145. The lowest BCUT2D eigenvalue weighted by Crippen LogP contribution is -2.59. The Labute approximate surface area is 306 Å². The number of phenolic OH excluding ortho intramolecular Hbond substituents is 1. The molecule has 290 valence electrons. The van der Waals surface area contributed by atoms with E-state index in [1.807, 2.05) is 0 Å². The van der Waals surface area contributed by atoms with Gasteiger partial charge in [0.1, 0.15) is 23.9 Å². The number of amides is 5. The molecule has 0 aliphatic carbocycles. The summed E-state index contributed by atoms with van der Waals surface area (Å²) in [5.74, 6) is -6.79. The van der Waals surface area contributed by atoms with E-state index in [9.17, 15) is 48.9 Å². The van der Waals surface area contributed by atoms with Gasteiger partial charge < -0.3 is 58.5 Å². The van der Waals surface area contributed by atoms with Crippen LogP contribution in [0.1, 0.15) is 50.2 Å². The number of unbranched alkanes of at least 4 members (excludes halogenated alkanes) is 1. The zero-order valence-corrected chi connectivity index (χ0v) is 29.3. The summed E-state index contributed by atoms with van der Waals surface area (Å²) in [6.07, 6.45) is -1.27. The van der Waals surface area contributed by atoms with Crippen LogP contribution in [-0.2, 0) is 46.4 Å². The molecule has 0 fully saturated rings. The molecule has 0 aromatic heterocycles. The molecule has 2 aromatic rings. The number of aliphatic hydroxyl groups excluding tert-OH is 1. The van der Waals surface area contributed by atoms with E-state index in [0.717, 1.165) is 0 Å². The highest BCUT2D eigenvalue weighted by Crippen LogP contribution is 2.13. The van der Waals surface area contributed by atoms with Gasteiger partial charge in [0, 0.05) is 19.3 Å². The van der Waals surface area contributed by atoms with Crippen LogP contribution in [-0.4, -0.2) is 111 Å². The standard InChI is InChI=1S/C35H49N7O11/c1-20(43)30(35(52)53)42-34(51)27(18-22-10-12-23(44)13-11-22)41-32(49)25(9-5-6-16-36)40-33(50)26(17-21-7-3-2-4-8-21)39-28(45)19-38-31(48)24(37)14-15-29(46)47/h2-4,7-8,10-13,20,24-27,30,43-44H,5-6,9,14-19,36-37H2,1H3,(H,38,48)(H,39,45)(H,40,50)(H,41,49)(H,42,51)(H,46,47)(H,52,53)/t20-,24+,25+,26+,27+,30+/m1/s1. The fraction of sp³-hybridized carbons (Fsp3) is 0.457. The maximum absolute atomic E-state index is 13.8. The highest BCUT2D eigenvalue weighted by atomic mass is 16.4. The van der Waals surface area contributed by atoms with Crippen molar-refractivity contribution in [1.29, 1.82) is 0 Å². The number of nitrogens with two attached hydrogens (primary N) is 2. The second kappa shape index (κ2) is 22.4. The Bertz CT molecular complexity index is 1540. The van der Waals surface area contributed by atoms with Crippen LogP contribution < -0.4 is 38.1 Å². The number of benzene rings is 2. The van der Waals surface area contributed by atoms with E-state index < -0.39 is 84.3 Å². The van der Waals surface area contributed by atoms with Crippen molar-refractivity contribution in [3.8, 4) is 5.75 Å². The fourth-order valence-electron chi connectivity index (χ4n) is 5.04. The Hall–Kier alpha value is -5.59. The maximum atomic E-state index is 13.8. The van der Waals surface area contributed by atoms with Crippen molar-refractivity contribution in [3.63, 3.8) is 0 Å². The lowest BCUT2D eigenvalue weighted by Gasteiger charge is -2.27. The lowest BCUT2D eigenvalue weighted by atomic mass is 10.0. The number of hydrogen-bond donors (Lipinski definition) is 11. The predicted octanol–water partition coefficient (Wildman–Crippen LogP) is -1.98. The molecule has 0 bridgehead atoms. The van der Waals surface area contributed by atoms with Gasteiger partial charge in [0.05, 0.1) is 18.7 Å². The summed E-state index contributed by atoms with van der Waals surface area (Å²) in [4.78, 5) is 88.6. The molecule has 0 unspecified atom stereocenters. The second-order valence-electron chi connectivity index (χ2n) is 12.4. The first kappa shape index (κ1) is 43.6. The largest absolute Gasteiger partial charge is 0.508 e. The topological polar surface area (TPSA) is 313 Å². The van der Waals surface area contributed by atoms with Gasteiger partial charge in [0.25, 0.3) is 0 Å². The van der Waals surface area contributed by atoms with Crippen LogP contribution >= 0.6 is 0 Å². The monoisotopic (exact) mass is 743 g/mol. The van der Waals surface area contributed by atoms with E-state index in [2.05, 4.69) is 26.6 Å². The number of nitrogens with one attached hydrogen (secondary N) is 5. The zero-order valence-electron chi connectivity index (χ0n) is 29.3. The molecule has 6 atom stereocenters. The van der Waals surface area contributed by atoms with E-state index in [1.54, 1.807) is 30.3 Å². The smallest absolute Gasteiger partial charge is 0.328 e. The summed E-state index contributed by atoms with van der Waals surface area (Å²) in [5, 5.41) is 50.2. The number of aliphatic hydroxyl groups is 1. The summed E-state index contributed by atoms with van der Waals surface area (Å²) in [7, 11) is 0. The van der Waals surface area contributed by atoms with Crippen LogP contribution in [0.2, 0.25) is 0 Å². The van der Waals surface area contributed by atoms with Crippen LogP contribution in [0.5, 0.6) is 5.75 Å². The average molecular weight is 744 g/mol. The summed E-state index contributed by atoms with van der Waals surface area (Å²) in [5.41, 5.74) is 12.5. The van der Waals surface area contributed by atoms with E-state index in [-0.39, 0.29) is 44.4 Å². The Morgan fingerprint density at radius 3 is 1.81 bits per heavy atom. The molecular formula is C35H49N7O11. The van der Waals surface area contributed by atoms with Gasteiger partial charge in [-0.1, -0.05) is 42.5 Å². The molecule has 0 aliphatic heterocycles. The first-order chi connectivity index (χ1) is 25.1. The second-order valence-corrected chi connectivity index (χ2v) is 12.4. The number of rotatable bonds is 23. The molecule has 0 saturated heterocycles. The van der Waals surface area contributed by atoms with E-state index in [4.69, 9.17) is 16.6 Å². The van der Waals surface area contributed by atoms with Gasteiger partial charge in [-0.3, -0.25) is 28.8 Å². The Balaban J connectivity index is 2.31. The van der Waals surface area contributed by atoms with Crippen molar-refractivity contribution < 1.29 is 54.0 Å². The Morgan fingerprint density at radius 1 is 0.698 bits per heavy atom. The van der Waals surface area contributed by atoms with Gasteiger partial charge in [-0.05, 0) is 62.4 Å². The third-order valence-corrected chi connectivity index (χ3v) is 8.00. The van der Waals surface area contributed by atoms with Crippen molar-refractivity contribution in [2.24, 2.45) is 11.5 Å². The van der Waals surface area contributed by atoms with Crippen LogP contribution in [0.4, 0.5) is 0 Å². The summed E-state index contributed by atoms with van der Waals surface area (Å²) in [6, 6.07) is 7.53. The Morgan fingerprint density at radius 2 is 1.25 bits per heavy atom. The van der Waals surface area contributed by atoms with Crippen molar-refractivity contribution in [2.45, 2.75) is 88.2 Å². The van der Waals surface area contributed by atoms with Gasteiger partial charge in [-0.15, -0.1) is 0 Å². The minimum atomic E-state index is -1.70. The molecule has 2 aromatic carbocycles. The van der Waals surface area contributed by atoms with Crippen molar-refractivity contribution in [2.75, 3.05) is 13.1 Å². The van der Waals surface area contributed by atoms with Crippen molar-refractivity contribution in [3.05, 3.63) is 65.7 Å². The number of hydrogen-bond acceptors (Lipinski definition) is 11. The van der Waals surface area contributed by atoms with E-state index >= 15 is 0 Å². The predicted molar refractivity (Wildman–Crippen MR) is 190 cm³/mol. The van der Waals surface area contributed by atoms with Gasteiger partial charge in [0.15, 0.2) is 6.04 Å². The van der Waals surface area contributed by atoms with Gasteiger partial charge in [-0.2, -0.15) is 0 Å². The minimum Gasteiger partial charge on any atom is -0.508 e. The number of aromatic hydroxyl groups is 1. The summed E-state index contributed by atoms with van der Waals surface area (Å²) in [6.45, 7) is 0.866. The SMILES string of the molecule is C[C@@H](O)[C@H](NC(=O)[C@H](Cc1ccc(O)cc1)NC(=O)[C@H](CCCCN)NC(=O)[C@H](Cc1ccccc1)NC(=O)CNC(=O)[C@@H](N)CCC(=O)O)C(=O)O. The van der Waals surface area contributed by atoms with Crippen LogP contribution in [0.3, 0.4) is 0 Å². The average Bonchev–Trinajstić information content (AvgIpc) is 3.11. The molecule has 0 heterocycles. The van der Waals surface area contributed by atoms with Crippen LogP contribution in [0, 0.1) is 0 Å². The van der Waals surface area contributed by atoms with Gasteiger partial charge in [0.2, 0.25) is 29.5 Å². The first-order valence-corrected chi connectivity index (χ1v) is 17.0. The third kappa shape index (κ3) is 16.1. The van der Waals surface area contributed by atoms with E-state index in [0.29, 0.717) is 24.0 Å². The molecule has 0 spiro atoms. The van der Waals surface area contributed by atoms with Crippen molar-refractivity contribution >= 4 is 41.5 Å². The highest BCUT2D eigenvalue weighted by Gasteiger charge is 2.33. The molecule has 18 nitrogen and oxygen atoms in total. The van der Waals surface area contributed by atoms with Crippen LogP contribution in [0.25, 0.3) is 0 Å². The van der Waals surface area contributed by atoms with Crippen molar-refractivity contribution in [1.82, 2.24) is 26.6 Å². The summed E-state index contributed by atoms with van der Waals surface area (Å²) >= 11 is 0. The van der Waals surface area contributed by atoms with Gasteiger partial charge in [-0.25, -0.2) is 4.79 Å². The number of carbonyl (C=O) groups is 7. The van der Waals surface area contributed by atoms with Gasteiger partial charge >= 0.3 is 11.9 Å². The zero-order chi connectivity index (χ0) is 39.5. The molecule has 53 heavy (non-hydrogen) atoms. The summed E-state index contributed by atoms with van der Waals surface area (Å²) < 4.78 is 0. The number of carboxylic acid groups (broad SMARTS) is 2. The third-order valence-electron chi connectivity index (χ3n) is 8.00. The maximum Gasteiger partial charge on any atom is 0.328 e. The molecular weight excluding hydrogens is 694 g/mol. The Kier molecular flexibility index (Phi) is 18.4. The molecule has 0 saturated carbocycles. The number of carboxylic acids is 2. The van der Waals surface area contributed by atoms with E-state index in [1.165, 1.54) is 31.2 Å². The molecule has 18 heteroatoms. The minimum absolute atomic E-state index is 0.0244. The molecule has 13 N–H and O–H groups in total. The normalized spacial score (nSPS) is 14.3. The first-order valence-electron chi connectivity index (χ1n) is 17.0. The quantitative estimate of drug-likeness (QED) is 0.0551. The molecule has 5 amide bonds. The number of carbonyl (C=O) groups excluding carboxylic acids is 5. The fourth-order valence-corrected chi connectivity index (χ4v) is 5.04. The number of phenols is 1. The molecule has 0 aliphatic rings. The van der Waals surface area contributed by atoms with Crippen LogP contribution in [0.15, 0.2) is 54.6 Å². The molecule has 0 radical (unpaired) electrons. The highest BCUT2D eigenvalue weighted by molar-refractivity contribution is 5.96. The number of aliphatic carboxylic acids is 2.